The number of carboxylic acids is 1. The number of hydrogen-bond donors (Lipinski definition) is 1. The highest BCUT2D eigenvalue weighted by Crippen LogP contribution is 2.43. The smallest absolute Gasteiger partial charge is 0.335 e. The van der Waals surface area contributed by atoms with Crippen molar-refractivity contribution in [3.8, 4) is 5.75 Å². The van der Waals surface area contributed by atoms with E-state index in [1.165, 1.54) is 0 Å². The first-order valence-corrected chi connectivity index (χ1v) is 10.7. The van der Waals surface area contributed by atoms with Gasteiger partial charge in [-0.1, -0.05) is 55.4 Å². The third-order valence-electron chi connectivity index (χ3n) is 4.88. The Morgan fingerprint density at radius 1 is 0.957 bits per heavy atom. The van der Waals surface area contributed by atoms with Gasteiger partial charge in [-0.05, 0) is 46.3 Å². The van der Waals surface area contributed by atoms with Crippen LogP contribution in [0.15, 0.2) is 18.2 Å². The second kappa shape index (κ2) is 7.52. The Kier molecular flexibility index (Phi) is 6.46. The molecule has 130 valence electrons. The van der Waals surface area contributed by atoms with Crippen LogP contribution in [0, 0.1) is 0 Å². The van der Waals surface area contributed by atoms with Crippen molar-refractivity contribution in [1.29, 1.82) is 0 Å². The van der Waals surface area contributed by atoms with E-state index in [0.29, 0.717) is 22.2 Å². The Labute approximate surface area is 142 Å². The molecule has 1 rings (SSSR count). The fourth-order valence-electron chi connectivity index (χ4n) is 3.83. The van der Waals surface area contributed by atoms with Crippen molar-refractivity contribution >= 4 is 14.3 Å². The van der Waals surface area contributed by atoms with Crippen LogP contribution in [0.5, 0.6) is 5.75 Å². The van der Waals surface area contributed by atoms with E-state index in [0.717, 1.165) is 11.3 Å². The van der Waals surface area contributed by atoms with E-state index >= 15 is 0 Å². The Balaban J connectivity index is 3.35. The average Bonchev–Trinajstić information content (AvgIpc) is 2.42. The molecule has 0 unspecified atom stereocenters. The molecule has 23 heavy (non-hydrogen) atoms. The van der Waals surface area contributed by atoms with Crippen LogP contribution in [0.1, 0.15) is 77.2 Å². The van der Waals surface area contributed by atoms with Gasteiger partial charge in [-0.2, -0.15) is 0 Å². The second-order valence-electron chi connectivity index (χ2n) is 7.63. The zero-order valence-corrected chi connectivity index (χ0v) is 16.8. The highest BCUT2D eigenvalue weighted by Gasteiger charge is 2.47. The Morgan fingerprint density at radius 3 is 1.78 bits per heavy atom. The van der Waals surface area contributed by atoms with Gasteiger partial charge in [0.2, 0.25) is 0 Å². The summed E-state index contributed by atoms with van der Waals surface area (Å²) >= 11 is 0. The van der Waals surface area contributed by atoms with Gasteiger partial charge in [0, 0.05) is 0 Å². The van der Waals surface area contributed by atoms with Gasteiger partial charge in [-0.15, -0.1) is 0 Å². The fourth-order valence-corrected chi connectivity index (χ4v) is 9.08. The maximum Gasteiger partial charge on any atom is 0.335 e. The summed E-state index contributed by atoms with van der Waals surface area (Å²) in [5.41, 5.74) is 2.69. The third-order valence-corrected chi connectivity index (χ3v) is 10.9. The zero-order chi connectivity index (χ0) is 17.9. The van der Waals surface area contributed by atoms with Crippen molar-refractivity contribution in [2.75, 3.05) is 0 Å². The molecule has 1 aromatic carbocycles. The molecule has 0 aromatic heterocycles. The molecule has 0 atom stereocenters. The molecule has 0 radical (unpaired) electrons. The molecule has 0 saturated carbocycles. The Morgan fingerprint density at radius 2 is 1.43 bits per heavy atom. The van der Waals surface area contributed by atoms with Crippen LogP contribution in [-0.4, -0.2) is 19.4 Å². The van der Waals surface area contributed by atoms with E-state index < -0.39 is 14.3 Å². The van der Waals surface area contributed by atoms with Crippen LogP contribution >= 0.6 is 0 Å². The van der Waals surface area contributed by atoms with Gasteiger partial charge < -0.3 is 9.53 Å². The van der Waals surface area contributed by atoms with Crippen molar-refractivity contribution in [1.82, 2.24) is 0 Å². The average molecular weight is 337 g/mol. The standard InChI is InChI=1S/C19H32O3Si/c1-12(2)18-11-16(9-10-17(18)19(20)21)22-23(13(3)4,14(5)6)15(7)8/h9-15H,1-8H3,(H,20,21). The zero-order valence-electron chi connectivity index (χ0n) is 15.8. The number of carboxylic acid groups (broad SMARTS) is 1. The van der Waals surface area contributed by atoms with E-state index in [4.69, 9.17) is 4.43 Å². The molecule has 0 aliphatic carbocycles. The molecule has 4 heteroatoms. The summed E-state index contributed by atoms with van der Waals surface area (Å²) < 4.78 is 6.66. The van der Waals surface area contributed by atoms with Crippen molar-refractivity contribution in [2.45, 2.75) is 77.9 Å². The summed E-state index contributed by atoms with van der Waals surface area (Å²) in [5.74, 6) is 0.0969. The summed E-state index contributed by atoms with van der Waals surface area (Å²) in [6.45, 7) is 17.5. The minimum Gasteiger partial charge on any atom is -0.543 e. The monoisotopic (exact) mass is 336 g/mol. The summed E-state index contributed by atoms with van der Waals surface area (Å²) in [6.07, 6.45) is 0. The van der Waals surface area contributed by atoms with Gasteiger partial charge >= 0.3 is 5.97 Å². The lowest BCUT2D eigenvalue weighted by atomic mass is 9.97. The molecule has 0 aliphatic rings. The molecule has 0 fully saturated rings. The quantitative estimate of drug-likeness (QED) is 0.615. The summed E-state index contributed by atoms with van der Waals surface area (Å²) in [4.78, 5) is 11.4. The van der Waals surface area contributed by atoms with Crippen molar-refractivity contribution in [2.24, 2.45) is 0 Å². The van der Waals surface area contributed by atoms with E-state index in [9.17, 15) is 9.90 Å². The first kappa shape index (κ1) is 19.8. The third kappa shape index (κ3) is 3.97. The number of carbonyl (C=O) groups is 1. The molecule has 0 bridgehead atoms. The number of hydrogen-bond acceptors (Lipinski definition) is 2. The van der Waals surface area contributed by atoms with Crippen LogP contribution in [0.4, 0.5) is 0 Å². The molecule has 1 N–H and O–H groups in total. The molecule has 3 nitrogen and oxygen atoms in total. The summed E-state index contributed by atoms with van der Waals surface area (Å²) in [6, 6.07) is 5.44. The predicted molar refractivity (Wildman–Crippen MR) is 99.2 cm³/mol. The molecule has 0 heterocycles. The number of rotatable bonds is 7. The highest BCUT2D eigenvalue weighted by molar-refractivity contribution is 6.78. The molecule has 1 aromatic rings. The number of benzene rings is 1. The van der Waals surface area contributed by atoms with Crippen molar-refractivity contribution < 1.29 is 14.3 Å². The van der Waals surface area contributed by atoms with Crippen LogP contribution in [0.2, 0.25) is 16.6 Å². The van der Waals surface area contributed by atoms with Crippen molar-refractivity contribution in [3.05, 3.63) is 29.3 Å². The topological polar surface area (TPSA) is 46.5 Å². The predicted octanol–water partition coefficient (Wildman–Crippen LogP) is 6.06. The van der Waals surface area contributed by atoms with E-state index in [1.54, 1.807) is 6.07 Å². The fraction of sp³-hybridized carbons (Fsp3) is 0.632. The van der Waals surface area contributed by atoms with Crippen LogP contribution in [0.25, 0.3) is 0 Å². The normalized spacial score (nSPS) is 12.5. The lowest BCUT2D eigenvalue weighted by Crippen LogP contribution is -2.50. The van der Waals surface area contributed by atoms with Gasteiger partial charge in [-0.25, -0.2) is 4.79 Å². The maximum atomic E-state index is 11.4. The van der Waals surface area contributed by atoms with Gasteiger partial charge in [-0.3, -0.25) is 0 Å². The minimum absolute atomic E-state index is 0.151. The first-order valence-electron chi connectivity index (χ1n) is 8.60. The SMILES string of the molecule is CC(C)c1cc(O[Si](C(C)C)(C(C)C)C(C)C)ccc1C(=O)O. The molecule has 0 amide bonds. The molecular formula is C19H32O3Si. The number of aromatic carboxylic acids is 1. The van der Waals surface area contributed by atoms with E-state index in [1.807, 2.05) is 26.0 Å². The van der Waals surface area contributed by atoms with Crippen molar-refractivity contribution in [3.63, 3.8) is 0 Å². The summed E-state index contributed by atoms with van der Waals surface area (Å²) in [7, 11) is -2.02. The molecule has 0 saturated heterocycles. The molecule has 0 aliphatic heterocycles. The van der Waals surface area contributed by atoms with E-state index in [2.05, 4.69) is 41.5 Å². The lowest BCUT2D eigenvalue weighted by Gasteiger charge is -2.42. The largest absolute Gasteiger partial charge is 0.543 e. The van der Waals surface area contributed by atoms with E-state index in [-0.39, 0.29) is 5.92 Å². The second-order valence-corrected chi connectivity index (χ2v) is 13.0. The van der Waals surface area contributed by atoms with Crippen LogP contribution < -0.4 is 4.43 Å². The molecular weight excluding hydrogens is 304 g/mol. The van der Waals surface area contributed by atoms with Gasteiger partial charge in [0.05, 0.1) is 5.56 Å². The highest BCUT2D eigenvalue weighted by atomic mass is 28.4. The van der Waals surface area contributed by atoms with Crippen LogP contribution in [0.3, 0.4) is 0 Å². The minimum atomic E-state index is -2.02. The Bertz CT molecular complexity index is 526. The first-order chi connectivity index (χ1) is 10.5. The van der Waals surface area contributed by atoms with Gasteiger partial charge in [0.15, 0.2) is 0 Å². The summed E-state index contributed by atoms with van der Waals surface area (Å²) in [5, 5.41) is 9.37. The molecule has 0 spiro atoms. The maximum absolute atomic E-state index is 11.4. The van der Waals surface area contributed by atoms with Gasteiger partial charge in [0.25, 0.3) is 8.32 Å². The lowest BCUT2D eigenvalue weighted by molar-refractivity contribution is 0.0695. The van der Waals surface area contributed by atoms with Crippen LogP contribution in [-0.2, 0) is 0 Å². The van der Waals surface area contributed by atoms with Gasteiger partial charge in [0.1, 0.15) is 5.75 Å². The Hall–Kier alpha value is -1.29.